The van der Waals surface area contributed by atoms with Gasteiger partial charge in [0.1, 0.15) is 5.82 Å². The lowest BCUT2D eigenvalue weighted by atomic mass is 9.83. The molecule has 114 valence electrons. The Morgan fingerprint density at radius 2 is 2.24 bits per heavy atom. The van der Waals surface area contributed by atoms with Crippen molar-refractivity contribution in [1.29, 1.82) is 0 Å². The molecule has 5 heteroatoms. The van der Waals surface area contributed by atoms with Gasteiger partial charge in [0, 0.05) is 18.7 Å². The van der Waals surface area contributed by atoms with Crippen LogP contribution >= 0.6 is 11.6 Å². The number of nitrogens with zero attached hydrogens (tertiary/aromatic N) is 2. The molecular formula is C16H20ClFN2O. The molecule has 0 amide bonds. The predicted molar refractivity (Wildman–Crippen MR) is 82.5 cm³/mol. The van der Waals surface area contributed by atoms with E-state index in [1.54, 1.807) is 6.07 Å². The fourth-order valence-corrected chi connectivity index (χ4v) is 3.10. The number of methoxy groups -OCH3 is 1. The number of benzene rings is 1. The van der Waals surface area contributed by atoms with Crippen LogP contribution in [-0.2, 0) is 6.54 Å². The Bertz CT molecular complexity index is 649. The van der Waals surface area contributed by atoms with Crippen molar-refractivity contribution in [3.8, 4) is 5.75 Å². The standard InChI is InChI=1S/C16H20ClFN2O/c1-10(17)16-19-13-8-12(18)15(21-2)9-14(13)20(16)7-6-11-4-3-5-11/h8-11H,3-7H2,1-2H3. The van der Waals surface area contributed by atoms with Gasteiger partial charge in [0.2, 0.25) is 0 Å². The maximum Gasteiger partial charge on any atom is 0.167 e. The molecule has 1 fully saturated rings. The normalized spacial score (nSPS) is 17.0. The van der Waals surface area contributed by atoms with Gasteiger partial charge in [-0.3, -0.25) is 0 Å². The van der Waals surface area contributed by atoms with Crippen LogP contribution in [0.5, 0.6) is 5.75 Å². The van der Waals surface area contributed by atoms with Crippen molar-refractivity contribution in [2.24, 2.45) is 5.92 Å². The molecule has 0 radical (unpaired) electrons. The Kier molecular flexibility index (Phi) is 4.07. The van der Waals surface area contributed by atoms with Crippen LogP contribution in [0.1, 0.15) is 43.8 Å². The molecule has 0 aliphatic heterocycles. The van der Waals surface area contributed by atoms with Gasteiger partial charge in [-0.15, -0.1) is 11.6 Å². The van der Waals surface area contributed by atoms with Crippen molar-refractivity contribution < 1.29 is 9.13 Å². The van der Waals surface area contributed by atoms with E-state index in [2.05, 4.69) is 9.55 Å². The molecule has 0 spiro atoms. The maximum absolute atomic E-state index is 13.8. The van der Waals surface area contributed by atoms with Crippen LogP contribution in [0.2, 0.25) is 0 Å². The number of aromatic nitrogens is 2. The summed E-state index contributed by atoms with van der Waals surface area (Å²) in [6, 6.07) is 3.15. The molecule has 1 atom stereocenters. The van der Waals surface area contributed by atoms with E-state index in [4.69, 9.17) is 16.3 Å². The van der Waals surface area contributed by atoms with Gasteiger partial charge in [0.05, 0.1) is 23.5 Å². The second kappa shape index (κ2) is 5.84. The zero-order valence-electron chi connectivity index (χ0n) is 12.4. The van der Waals surface area contributed by atoms with E-state index < -0.39 is 0 Å². The lowest BCUT2D eigenvalue weighted by molar-refractivity contribution is 0.282. The Balaban J connectivity index is 2.01. The summed E-state index contributed by atoms with van der Waals surface area (Å²) in [5.74, 6) is 1.48. The van der Waals surface area contributed by atoms with E-state index >= 15 is 0 Å². The average Bonchev–Trinajstić information content (AvgIpc) is 2.74. The van der Waals surface area contributed by atoms with Gasteiger partial charge in [0.15, 0.2) is 11.6 Å². The molecule has 0 saturated heterocycles. The minimum Gasteiger partial charge on any atom is -0.494 e. The van der Waals surface area contributed by atoms with Crippen molar-refractivity contribution in [2.45, 2.75) is 44.5 Å². The molecule has 1 aliphatic rings. The number of aryl methyl sites for hydroxylation is 1. The van der Waals surface area contributed by atoms with E-state index in [0.717, 1.165) is 30.2 Å². The van der Waals surface area contributed by atoms with Crippen molar-refractivity contribution >= 4 is 22.6 Å². The van der Waals surface area contributed by atoms with Crippen LogP contribution in [0, 0.1) is 11.7 Å². The quantitative estimate of drug-likeness (QED) is 0.750. The summed E-state index contributed by atoms with van der Waals surface area (Å²) in [6.07, 6.45) is 5.10. The molecular weight excluding hydrogens is 291 g/mol. The van der Waals surface area contributed by atoms with Crippen molar-refractivity contribution in [3.63, 3.8) is 0 Å². The van der Waals surface area contributed by atoms with Crippen molar-refractivity contribution in [2.75, 3.05) is 7.11 Å². The van der Waals surface area contributed by atoms with E-state index in [1.807, 2.05) is 6.92 Å². The number of imidazole rings is 1. The van der Waals surface area contributed by atoms with Gasteiger partial charge in [0.25, 0.3) is 0 Å². The van der Waals surface area contributed by atoms with E-state index in [-0.39, 0.29) is 16.9 Å². The third-order valence-corrected chi connectivity index (χ3v) is 4.59. The SMILES string of the molecule is COc1cc2c(cc1F)nc(C(C)Cl)n2CCC1CCC1. The lowest BCUT2D eigenvalue weighted by Gasteiger charge is -2.25. The molecule has 1 aromatic heterocycles. The number of fused-ring (bicyclic) bond motifs is 1. The molecule has 1 aliphatic carbocycles. The molecule has 3 nitrogen and oxygen atoms in total. The van der Waals surface area contributed by atoms with Crippen LogP contribution in [0.3, 0.4) is 0 Å². The van der Waals surface area contributed by atoms with Gasteiger partial charge >= 0.3 is 0 Å². The zero-order chi connectivity index (χ0) is 15.0. The first-order chi connectivity index (χ1) is 10.1. The predicted octanol–water partition coefficient (Wildman–Crippen LogP) is 4.67. The van der Waals surface area contributed by atoms with Crippen molar-refractivity contribution in [3.05, 3.63) is 23.8 Å². The van der Waals surface area contributed by atoms with Crippen LogP contribution in [0.25, 0.3) is 11.0 Å². The number of ether oxygens (including phenoxy) is 1. The smallest absolute Gasteiger partial charge is 0.167 e. The molecule has 0 N–H and O–H groups in total. The van der Waals surface area contributed by atoms with Crippen molar-refractivity contribution in [1.82, 2.24) is 9.55 Å². The molecule has 1 aromatic carbocycles. The number of hydrogen-bond acceptors (Lipinski definition) is 2. The number of alkyl halides is 1. The lowest BCUT2D eigenvalue weighted by Crippen LogP contribution is -2.15. The molecule has 21 heavy (non-hydrogen) atoms. The summed E-state index contributed by atoms with van der Waals surface area (Å²) in [5.41, 5.74) is 1.54. The largest absolute Gasteiger partial charge is 0.494 e. The Morgan fingerprint density at radius 1 is 1.48 bits per heavy atom. The second-order valence-corrected chi connectivity index (χ2v) is 6.45. The summed E-state index contributed by atoms with van der Waals surface area (Å²) >= 11 is 6.25. The average molecular weight is 311 g/mol. The summed E-state index contributed by atoms with van der Waals surface area (Å²) in [4.78, 5) is 4.51. The minimum atomic E-state index is -0.387. The number of hydrogen-bond donors (Lipinski definition) is 0. The molecule has 1 saturated carbocycles. The number of halogens is 2. The van der Waals surface area contributed by atoms with E-state index in [0.29, 0.717) is 5.52 Å². The summed E-state index contributed by atoms with van der Waals surface area (Å²) in [6.45, 7) is 2.78. The monoisotopic (exact) mass is 310 g/mol. The van der Waals surface area contributed by atoms with Crippen LogP contribution < -0.4 is 4.74 Å². The highest BCUT2D eigenvalue weighted by molar-refractivity contribution is 6.20. The van der Waals surface area contributed by atoms with Gasteiger partial charge < -0.3 is 9.30 Å². The first-order valence-corrected chi connectivity index (χ1v) is 7.91. The fraction of sp³-hybridized carbons (Fsp3) is 0.562. The number of rotatable bonds is 5. The fourth-order valence-electron chi connectivity index (χ4n) is 2.93. The van der Waals surface area contributed by atoms with Crippen LogP contribution in [-0.4, -0.2) is 16.7 Å². The summed E-state index contributed by atoms with van der Waals surface area (Å²) in [7, 11) is 1.48. The molecule has 1 unspecified atom stereocenters. The Hall–Kier alpha value is -1.29. The molecule has 0 bridgehead atoms. The van der Waals surface area contributed by atoms with Gasteiger partial charge in [-0.25, -0.2) is 9.37 Å². The first kappa shape index (κ1) is 14.6. The molecule has 2 aromatic rings. The second-order valence-electron chi connectivity index (χ2n) is 5.80. The Labute approximate surface area is 129 Å². The minimum absolute atomic E-state index is 0.201. The molecule has 1 heterocycles. The molecule has 3 rings (SSSR count). The van der Waals surface area contributed by atoms with E-state index in [1.165, 1.54) is 32.4 Å². The highest BCUT2D eigenvalue weighted by Crippen LogP contribution is 2.33. The maximum atomic E-state index is 13.8. The summed E-state index contributed by atoms with van der Waals surface area (Å²) in [5, 5.41) is -0.201. The van der Waals surface area contributed by atoms with Crippen LogP contribution in [0.4, 0.5) is 4.39 Å². The van der Waals surface area contributed by atoms with E-state index in [9.17, 15) is 4.39 Å². The van der Waals surface area contributed by atoms with Gasteiger partial charge in [-0.1, -0.05) is 19.3 Å². The third kappa shape index (κ3) is 2.73. The van der Waals surface area contributed by atoms with Gasteiger partial charge in [-0.05, 0) is 19.3 Å². The highest BCUT2D eigenvalue weighted by Gasteiger charge is 2.21. The van der Waals surface area contributed by atoms with Gasteiger partial charge in [-0.2, -0.15) is 0 Å². The Morgan fingerprint density at radius 3 is 2.81 bits per heavy atom. The van der Waals surface area contributed by atoms with Crippen LogP contribution in [0.15, 0.2) is 12.1 Å². The highest BCUT2D eigenvalue weighted by atomic mass is 35.5. The first-order valence-electron chi connectivity index (χ1n) is 7.48. The third-order valence-electron chi connectivity index (χ3n) is 4.39. The summed E-state index contributed by atoms with van der Waals surface area (Å²) < 4.78 is 21.0. The zero-order valence-corrected chi connectivity index (χ0v) is 13.2. The topological polar surface area (TPSA) is 27.1 Å².